The first-order chi connectivity index (χ1) is 35.0. The number of halogens is 4. The highest BCUT2D eigenvalue weighted by molar-refractivity contribution is 7.93. The zero-order chi connectivity index (χ0) is 53.8. The lowest BCUT2D eigenvalue weighted by atomic mass is 10.0. The number of rotatable bonds is 14. The third-order valence-corrected chi connectivity index (χ3v) is 15.2. The number of aryl methyl sites for hydroxylation is 2. The summed E-state index contributed by atoms with van der Waals surface area (Å²) in [4.78, 5) is 66.4. The number of carbonyl (C=O) groups excluding carboxylic acids is 2. The number of nitrogens with zero attached hydrogens (tertiary/aromatic N) is 6. The summed E-state index contributed by atoms with van der Waals surface area (Å²) < 4.78 is 95.5. The fourth-order valence-corrected chi connectivity index (χ4v) is 10.7. The number of sulfonamides is 2. The lowest BCUT2D eigenvalue weighted by molar-refractivity contribution is -0.146. The molecule has 0 aliphatic heterocycles. The Morgan fingerprint density at radius 1 is 0.581 bits per heavy atom. The number of anilines is 2. The molecule has 74 heavy (non-hydrogen) atoms. The molecule has 4 heterocycles. The van der Waals surface area contributed by atoms with E-state index < -0.39 is 55.5 Å². The van der Waals surface area contributed by atoms with Crippen LogP contribution in [-0.2, 0) is 52.2 Å². The number of carbonyl (C=O) groups is 2. The van der Waals surface area contributed by atoms with Gasteiger partial charge in [-0.1, -0.05) is 49.2 Å². The van der Waals surface area contributed by atoms with Gasteiger partial charge >= 0.3 is 11.9 Å². The normalized spacial score (nSPS) is 12.4. The van der Waals surface area contributed by atoms with E-state index in [0.717, 1.165) is 36.4 Å². The van der Waals surface area contributed by atoms with E-state index in [2.05, 4.69) is 29.4 Å². The molecule has 0 saturated heterocycles. The number of benzene rings is 4. The topological polar surface area (TPSA) is 240 Å². The molecule has 0 bridgehead atoms. The molecule has 18 nitrogen and oxygen atoms in total. The molecule has 384 valence electrons. The van der Waals surface area contributed by atoms with Crippen LogP contribution < -0.4 is 20.6 Å². The average Bonchev–Trinajstić information content (AvgIpc) is 3.36. The van der Waals surface area contributed by atoms with Gasteiger partial charge in [0.1, 0.15) is 21.4 Å². The molecule has 0 radical (unpaired) electrons. The zero-order valence-corrected chi connectivity index (χ0v) is 43.2. The van der Waals surface area contributed by atoms with E-state index in [1.54, 1.807) is 88.6 Å². The van der Waals surface area contributed by atoms with Crippen LogP contribution in [0.3, 0.4) is 0 Å². The number of esters is 2. The molecule has 8 rings (SSSR count). The molecule has 0 fully saturated rings. The molecule has 4 aromatic carbocycles. The van der Waals surface area contributed by atoms with E-state index in [1.807, 2.05) is 0 Å². The van der Waals surface area contributed by atoms with Crippen molar-refractivity contribution in [2.45, 2.75) is 50.6 Å². The highest BCUT2D eigenvalue weighted by Gasteiger charge is 2.23. The van der Waals surface area contributed by atoms with Gasteiger partial charge in [-0.05, 0) is 97.8 Å². The van der Waals surface area contributed by atoms with Crippen LogP contribution in [0.5, 0.6) is 0 Å². The van der Waals surface area contributed by atoms with Crippen LogP contribution in [0.15, 0.2) is 129 Å². The number of methoxy groups -OCH3 is 2. The van der Waals surface area contributed by atoms with Crippen LogP contribution in [0.4, 0.5) is 20.2 Å². The summed E-state index contributed by atoms with van der Waals surface area (Å²) in [5.74, 6) is -3.29. The summed E-state index contributed by atoms with van der Waals surface area (Å²) in [5, 5.41) is 0.124. The predicted octanol–water partition coefficient (Wildman–Crippen LogP) is 8.34. The summed E-state index contributed by atoms with van der Waals surface area (Å²) in [5.41, 5.74) is 3.67. The van der Waals surface area contributed by atoms with Crippen LogP contribution in [0.1, 0.15) is 25.2 Å². The molecule has 2 N–H and O–H groups in total. The van der Waals surface area contributed by atoms with Crippen molar-refractivity contribution < 1.29 is 44.7 Å². The number of ether oxygens (including phenoxy) is 2. The molecule has 2 atom stereocenters. The SMILES string of the molecule is COC(=O)[C@@H](C)Cn1cnc2ccc(-c3cnc(C)c(NS(=O)(=O)c4ccc(F)cc4Cl)c3)cc2c1=O.COC(=O)[C@H](C)Cn1cnc2ccc(-c3cnc(C)c(NS(=O)(=O)c4ccc(F)cc4Cl)c3)cc2c1=O. The van der Waals surface area contributed by atoms with Crippen molar-refractivity contribution in [3.05, 3.63) is 164 Å². The zero-order valence-electron chi connectivity index (χ0n) is 40.1. The molecule has 0 spiro atoms. The molecule has 8 aromatic rings. The van der Waals surface area contributed by atoms with Gasteiger partial charge < -0.3 is 9.47 Å². The second-order valence-electron chi connectivity index (χ2n) is 16.8. The summed E-state index contributed by atoms with van der Waals surface area (Å²) in [6.07, 6.45) is 5.86. The Labute approximate surface area is 432 Å². The summed E-state index contributed by atoms with van der Waals surface area (Å²) in [6, 6.07) is 19.2. The Kier molecular flexibility index (Phi) is 16.2. The number of fused-ring (bicyclic) bond motifs is 2. The lowest BCUT2D eigenvalue weighted by Gasteiger charge is -2.14. The Balaban J connectivity index is 0.000000216. The van der Waals surface area contributed by atoms with E-state index in [-0.39, 0.29) is 55.4 Å². The van der Waals surface area contributed by atoms with Crippen LogP contribution in [0.25, 0.3) is 44.1 Å². The Morgan fingerprint density at radius 2 is 0.959 bits per heavy atom. The van der Waals surface area contributed by atoms with Crippen LogP contribution >= 0.6 is 23.2 Å². The van der Waals surface area contributed by atoms with Crippen LogP contribution in [0.2, 0.25) is 10.0 Å². The third-order valence-electron chi connectivity index (χ3n) is 11.5. The van der Waals surface area contributed by atoms with Crippen molar-refractivity contribution in [2.75, 3.05) is 23.7 Å². The third kappa shape index (κ3) is 12.1. The molecule has 0 aliphatic rings. The van der Waals surface area contributed by atoms with Gasteiger partial charge in [-0.2, -0.15) is 0 Å². The molecule has 4 aromatic heterocycles. The molecule has 0 aliphatic carbocycles. The molecular formula is C50H44Cl2F2N8O10S2. The fraction of sp³-hybridized carbons (Fsp3) is 0.200. The number of nitrogens with one attached hydrogen (secondary N) is 2. The first kappa shape index (κ1) is 54.1. The monoisotopic (exact) mass is 1090 g/mol. The van der Waals surface area contributed by atoms with E-state index in [0.29, 0.717) is 55.4 Å². The van der Waals surface area contributed by atoms with Gasteiger partial charge in [0.05, 0.1) is 93.3 Å². The van der Waals surface area contributed by atoms with Gasteiger partial charge in [0.15, 0.2) is 0 Å². The summed E-state index contributed by atoms with van der Waals surface area (Å²) >= 11 is 11.9. The molecule has 24 heteroatoms. The number of pyridine rings is 2. The van der Waals surface area contributed by atoms with Gasteiger partial charge in [0.2, 0.25) is 0 Å². The first-order valence-electron chi connectivity index (χ1n) is 22.0. The largest absolute Gasteiger partial charge is 0.469 e. The van der Waals surface area contributed by atoms with E-state index in [9.17, 15) is 44.8 Å². The van der Waals surface area contributed by atoms with Gasteiger partial charge in [0.25, 0.3) is 31.2 Å². The minimum Gasteiger partial charge on any atom is -0.469 e. The predicted molar refractivity (Wildman–Crippen MR) is 275 cm³/mol. The first-order valence-corrected chi connectivity index (χ1v) is 25.8. The Hall–Kier alpha value is -7.66. The maximum absolute atomic E-state index is 13.4. The second-order valence-corrected chi connectivity index (χ2v) is 20.9. The fourth-order valence-electron chi connectivity index (χ4n) is 7.45. The van der Waals surface area contributed by atoms with Gasteiger partial charge in [0, 0.05) is 36.6 Å². The highest BCUT2D eigenvalue weighted by atomic mass is 35.5. The lowest BCUT2D eigenvalue weighted by Crippen LogP contribution is -2.27. The van der Waals surface area contributed by atoms with Crippen molar-refractivity contribution in [1.29, 1.82) is 0 Å². The van der Waals surface area contributed by atoms with Crippen molar-refractivity contribution in [1.82, 2.24) is 29.1 Å². The van der Waals surface area contributed by atoms with Gasteiger partial charge in [-0.25, -0.2) is 35.6 Å². The van der Waals surface area contributed by atoms with E-state index >= 15 is 0 Å². The number of aromatic nitrogens is 6. The smallest absolute Gasteiger partial charge is 0.310 e. The van der Waals surface area contributed by atoms with E-state index in [1.165, 1.54) is 36.0 Å². The second kappa shape index (κ2) is 22.2. The maximum Gasteiger partial charge on any atom is 0.310 e. The van der Waals surface area contributed by atoms with Crippen LogP contribution in [0, 0.1) is 37.3 Å². The average molecular weight is 1090 g/mol. The molecule has 0 amide bonds. The Bertz CT molecular complexity index is 3630. The number of hydrogen-bond acceptors (Lipinski definition) is 14. The molecular weight excluding hydrogens is 1050 g/mol. The van der Waals surface area contributed by atoms with Crippen molar-refractivity contribution in [2.24, 2.45) is 11.8 Å². The van der Waals surface area contributed by atoms with Gasteiger partial charge in [-0.3, -0.25) is 47.7 Å². The Morgan fingerprint density at radius 3 is 1.31 bits per heavy atom. The minimum atomic E-state index is -4.14. The minimum absolute atomic E-state index is 0.0998. The molecule has 0 unspecified atom stereocenters. The quantitative estimate of drug-likeness (QED) is 0.0974. The standard InChI is InChI=1S/2C25H22ClFN4O5S/c2*1-14(25(33)36-3)12-31-13-29-21-6-4-16(8-19(21)24(31)32)17-9-22(15(2)28-11-17)30-37(34,35)23-7-5-18(27)10-20(23)26/h2*4-11,13-14,30H,12H2,1-3H3/t2*14-/m10/s1. The summed E-state index contributed by atoms with van der Waals surface area (Å²) in [6.45, 7) is 6.75. The van der Waals surface area contributed by atoms with Crippen molar-refractivity contribution >= 4 is 88.4 Å². The van der Waals surface area contributed by atoms with Crippen molar-refractivity contribution in [3.8, 4) is 22.3 Å². The van der Waals surface area contributed by atoms with Crippen molar-refractivity contribution in [3.63, 3.8) is 0 Å². The number of hydrogen-bond donors (Lipinski definition) is 2. The maximum atomic E-state index is 13.4. The summed E-state index contributed by atoms with van der Waals surface area (Å²) in [7, 11) is -5.71. The van der Waals surface area contributed by atoms with Gasteiger partial charge in [-0.15, -0.1) is 0 Å². The van der Waals surface area contributed by atoms with Crippen LogP contribution in [-0.4, -0.2) is 72.1 Å². The van der Waals surface area contributed by atoms with E-state index in [4.69, 9.17) is 32.7 Å². The highest BCUT2D eigenvalue weighted by Crippen LogP contribution is 2.31. The molecule has 0 saturated carbocycles.